The van der Waals surface area contributed by atoms with E-state index in [1.165, 1.54) is 0 Å². The van der Waals surface area contributed by atoms with Gasteiger partial charge in [-0.05, 0) is 39.6 Å². The van der Waals surface area contributed by atoms with E-state index in [1.54, 1.807) is 0 Å². The van der Waals surface area contributed by atoms with E-state index in [-0.39, 0.29) is 5.54 Å². The Morgan fingerprint density at radius 3 is 2.38 bits per heavy atom. The summed E-state index contributed by atoms with van der Waals surface area (Å²) >= 11 is 0. The maximum atomic E-state index is 8.96. The van der Waals surface area contributed by atoms with Crippen LogP contribution in [-0.2, 0) is 0 Å². The SMILES string of the molecule is CCC(BO)CCCNC(C)(C)C. The molecule has 1 atom stereocenters. The van der Waals surface area contributed by atoms with Crippen molar-refractivity contribution in [3.05, 3.63) is 0 Å². The summed E-state index contributed by atoms with van der Waals surface area (Å²) < 4.78 is 0. The average molecular weight is 185 g/mol. The molecule has 2 N–H and O–H groups in total. The van der Waals surface area contributed by atoms with Crippen molar-refractivity contribution >= 4 is 7.48 Å². The summed E-state index contributed by atoms with van der Waals surface area (Å²) in [7, 11) is 0.339. The van der Waals surface area contributed by atoms with Crippen LogP contribution in [0.4, 0.5) is 0 Å². The summed E-state index contributed by atoms with van der Waals surface area (Å²) in [5.74, 6) is 0.502. The molecule has 0 radical (unpaired) electrons. The van der Waals surface area contributed by atoms with Crippen molar-refractivity contribution in [2.75, 3.05) is 6.54 Å². The fourth-order valence-electron chi connectivity index (χ4n) is 1.28. The fraction of sp³-hybridized carbons (Fsp3) is 1.00. The van der Waals surface area contributed by atoms with Gasteiger partial charge < -0.3 is 10.3 Å². The molecule has 0 aliphatic rings. The van der Waals surface area contributed by atoms with E-state index >= 15 is 0 Å². The number of nitrogens with one attached hydrogen (secondary N) is 1. The minimum absolute atomic E-state index is 0.223. The summed E-state index contributed by atoms with van der Waals surface area (Å²) in [5, 5.41) is 12.4. The third-order valence-corrected chi connectivity index (χ3v) is 2.28. The quantitative estimate of drug-likeness (QED) is 0.487. The van der Waals surface area contributed by atoms with E-state index in [1.807, 2.05) is 0 Å². The molecule has 78 valence electrons. The summed E-state index contributed by atoms with van der Waals surface area (Å²) in [6, 6.07) is 0. The zero-order chi connectivity index (χ0) is 10.3. The Balaban J connectivity index is 3.34. The predicted octanol–water partition coefficient (Wildman–Crippen LogP) is 1.70. The molecule has 2 nitrogen and oxygen atoms in total. The van der Waals surface area contributed by atoms with E-state index in [4.69, 9.17) is 5.02 Å². The van der Waals surface area contributed by atoms with Crippen LogP contribution in [0.3, 0.4) is 0 Å². The zero-order valence-corrected chi connectivity index (χ0v) is 9.56. The summed E-state index contributed by atoms with van der Waals surface area (Å²) in [5.41, 5.74) is 0.223. The lowest BCUT2D eigenvalue weighted by molar-refractivity contribution is 0.414. The average Bonchev–Trinajstić information content (AvgIpc) is 2.03. The molecule has 1 unspecified atom stereocenters. The lowest BCUT2D eigenvalue weighted by atomic mass is 9.75. The molecule has 0 aromatic carbocycles. The highest BCUT2D eigenvalue weighted by Gasteiger charge is 2.09. The summed E-state index contributed by atoms with van der Waals surface area (Å²) in [6.07, 6.45) is 3.39. The van der Waals surface area contributed by atoms with E-state index in [0.29, 0.717) is 13.3 Å². The lowest BCUT2D eigenvalue weighted by Crippen LogP contribution is -2.36. The molecule has 3 heteroatoms. The Kier molecular flexibility index (Phi) is 6.43. The monoisotopic (exact) mass is 185 g/mol. The van der Waals surface area contributed by atoms with Gasteiger partial charge in [0, 0.05) is 5.54 Å². The second-order valence-electron chi connectivity index (χ2n) is 4.78. The minimum Gasteiger partial charge on any atom is -0.454 e. The molecule has 0 rings (SSSR count). The molecule has 0 heterocycles. The maximum Gasteiger partial charge on any atom is 0.273 e. The van der Waals surface area contributed by atoms with E-state index < -0.39 is 0 Å². The van der Waals surface area contributed by atoms with Crippen LogP contribution >= 0.6 is 0 Å². The highest BCUT2D eigenvalue weighted by Crippen LogP contribution is 2.14. The predicted molar refractivity (Wildman–Crippen MR) is 60.4 cm³/mol. The molecule has 0 spiro atoms. The van der Waals surface area contributed by atoms with Crippen molar-refractivity contribution in [1.82, 2.24) is 5.32 Å². The fourth-order valence-corrected chi connectivity index (χ4v) is 1.28. The van der Waals surface area contributed by atoms with Crippen LogP contribution in [0, 0.1) is 0 Å². The molecule has 0 saturated carbocycles. The molecular weight excluding hydrogens is 161 g/mol. The molecule has 13 heavy (non-hydrogen) atoms. The molecule has 0 aliphatic carbocycles. The van der Waals surface area contributed by atoms with Gasteiger partial charge in [-0.25, -0.2) is 0 Å². The molecule has 0 aromatic rings. The third kappa shape index (κ3) is 8.32. The second kappa shape index (κ2) is 6.44. The van der Waals surface area contributed by atoms with Crippen molar-refractivity contribution in [3.8, 4) is 0 Å². The summed E-state index contributed by atoms with van der Waals surface area (Å²) in [6.45, 7) is 9.72. The van der Waals surface area contributed by atoms with E-state index in [9.17, 15) is 0 Å². The molecule has 0 bridgehead atoms. The van der Waals surface area contributed by atoms with Crippen molar-refractivity contribution < 1.29 is 5.02 Å². The largest absolute Gasteiger partial charge is 0.454 e. The molecule has 0 amide bonds. The van der Waals surface area contributed by atoms with Gasteiger partial charge in [-0.15, -0.1) is 0 Å². The Labute approximate surface area is 83.4 Å². The molecule has 0 fully saturated rings. The van der Waals surface area contributed by atoms with Gasteiger partial charge in [-0.1, -0.05) is 19.8 Å². The van der Waals surface area contributed by atoms with Gasteiger partial charge in [0.2, 0.25) is 0 Å². The number of hydrogen-bond donors (Lipinski definition) is 2. The van der Waals surface area contributed by atoms with Gasteiger partial charge in [0.15, 0.2) is 0 Å². The minimum atomic E-state index is 0.223. The smallest absolute Gasteiger partial charge is 0.273 e. The molecule has 0 aromatic heterocycles. The Morgan fingerprint density at radius 2 is 2.00 bits per heavy atom. The van der Waals surface area contributed by atoms with Crippen LogP contribution in [0.5, 0.6) is 0 Å². The van der Waals surface area contributed by atoms with Crippen molar-refractivity contribution in [1.29, 1.82) is 0 Å². The van der Waals surface area contributed by atoms with Gasteiger partial charge in [0.25, 0.3) is 7.48 Å². The van der Waals surface area contributed by atoms with Gasteiger partial charge in [-0.3, -0.25) is 0 Å². The number of hydrogen-bond acceptors (Lipinski definition) is 2. The first-order valence-electron chi connectivity index (χ1n) is 5.35. The van der Waals surface area contributed by atoms with E-state index in [2.05, 4.69) is 33.0 Å². The molecular formula is C10H24BNO. The van der Waals surface area contributed by atoms with Crippen LogP contribution in [0.25, 0.3) is 0 Å². The van der Waals surface area contributed by atoms with E-state index in [0.717, 1.165) is 25.8 Å². The normalized spacial score (nSPS) is 14.2. The van der Waals surface area contributed by atoms with Crippen LogP contribution in [0.1, 0.15) is 47.0 Å². The Hall–Kier alpha value is -0.0151. The highest BCUT2D eigenvalue weighted by molar-refractivity contribution is 6.27. The third-order valence-electron chi connectivity index (χ3n) is 2.28. The van der Waals surface area contributed by atoms with Gasteiger partial charge >= 0.3 is 0 Å². The highest BCUT2D eigenvalue weighted by atomic mass is 16.2. The summed E-state index contributed by atoms with van der Waals surface area (Å²) in [4.78, 5) is 0. The second-order valence-corrected chi connectivity index (χ2v) is 4.78. The maximum absolute atomic E-state index is 8.96. The van der Waals surface area contributed by atoms with Crippen LogP contribution in [0.2, 0.25) is 5.82 Å². The lowest BCUT2D eigenvalue weighted by Gasteiger charge is -2.21. The first-order chi connectivity index (χ1) is 5.99. The van der Waals surface area contributed by atoms with Crippen LogP contribution in [-0.4, -0.2) is 24.6 Å². The van der Waals surface area contributed by atoms with Crippen LogP contribution < -0.4 is 5.32 Å². The topological polar surface area (TPSA) is 32.3 Å². The number of rotatable bonds is 6. The van der Waals surface area contributed by atoms with Crippen molar-refractivity contribution in [3.63, 3.8) is 0 Å². The van der Waals surface area contributed by atoms with Crippen LogP contribution in [0.15, 0.2) is 0 Å². The standard InChI is InChI=1S/C10H24BNO/c1-5-9(11-13)7-6-8-12-10(2,3)4/h9,11-13H,5-8H2,1-4H3. The Bertz CT molecular complexity index is 119. The zero-order valence-electron chi connectivity index (χ0n) is 9.56. The van der Waals surface area contributed by atoms with Crippen molar-refractivity contribution in [2.45, 2.75) is 58.3 Å². The Morgan fingerprint density at radius 1 is 1.38 bits per heavy atom. The molecule has 0 saturated heterocycles. The van der Waals surface area contributed by atoms with Crippen molar-refractivity contribution in [2.24, 2.45) is 0 Å². The first kappa shape index (κ1) is 13.0. The van der Waals surface area contributed by atoms with Gasteiger partial charge in [0.1, 0.15) is 0 Å². The van der Waals surface area contributed by atoms with Gasteiger partial charge in [-0.2, -0.15) is 0 Å². The van der Waals surface area contributed by atoms with Gasteiger partial charge in [0.05, 0.1) is 0 Å². The first-order valence-corrected chi connectivity index (χ1v) is 5.35. The molecule has 0 aliphatic heterocycles.